The fraction of sp³-hybridized carbons (Fsp3) is 0.667. The molecule has 0 radical (unpaired) electrons. The Morgan fingerprint density at radius 1 is 1.03 bits per heavy atom. The van der Waals surface area contributed by atoms with E-state index in [1.807, 2.05) is 30.3 Å². The first kappa shape index (κ1) is 20.3. The predicted octanol–water partition coefficient (Wildman–Crippen LogP) is 5.78. The predicted molar refractivity (Wildman–Crippen MR) is 118 cm³/mol. The summed E-state index contributed by atoms with van der Waals surface area (Å²) in [6.45, 7) is 7.34. The SMILES string of the molecule is CC1CCC2C3C(O)C=C4CC(OC(=O)c5ccccc5)CCC4(C)C3CCC12C. The molecule has 0 spiro atoms. The molecule has 8 unspecified atom stereocenters. The molecule has 3 heteroatoms. The summed E-state index contributed by atoms with van der Waals surface area (Å²) < 4.78 is 5.88. The Labute approximate surface area is 180 Å². The zero-order valence-electron chi connectivity index (χ0n) is 18.6. The van der Waals surface area contributed by atoms with E-state index in [1.165, 1.54) is 31.3 Å². The largest absolute Gasteiger partial charge is 0.458 e. The maximum absolute atomic E-state index is 12.5. The minimum absolute atomic E-state index is 0.0823. The van der Waals surface area contributed by atoms with Crippen molar-refractivity contribution in [3.8, 4) is 0 Å². The molecule has 0 heterocycles. The minimum atomic E-state index is -0.350. The Balaban J connectivity index is 1.36. The number of ether oxygens (including phenoxy) is 1. The number of esters is 1. The Kier molecular flexibility index (Phi) is 4.89. The molecule has 1 aromatic rings. The zero-order chi connectivity index (χ0) is 21.1. The number of aliphatic hydroxyl groups excluding tert-OH is 1. The van der Waals surface area contributed by atoms with Crippen LogP contribution in [0.25, 0.3) is 0 Å². The lowest BCUT2D eigenvalue weighted by molar-refractivity contribution is -0.0915. The number of rotatable bonds is 2. The molecular formula is C27H36O3. The number of hydrogen-bond donors (Lipinski definition) is 1. The molecule has 1 aromatic carbocycles. The van der Waals surface area contributed by atoms with Gasteiger partial charge in [0.05, 0.1) is 11.7 Å². The van der Waals surface area contributed by atoms with Crippen LogP contribution in [-0.4, -0.2) is 23.3 Å². The third-order valence-corrected chi connectivity index (χ3v) is 9.84. The van der Waals surface area contributed by atoms with E-state index in [0.29, 0.717) is 28.7 Å². The zero-order valence-corrected chi connectivity index (χ0v) is 18.6. The van der Waals surface area contributed by atoms with E-state index in [0.717, 1.165) is 25.2 Å². The summed E-state index contributed by atoms with van der Waals surface area (Å²) in [5.74, 6) is 2.13. The molecule has 3 nitrogen and oxygen atoms in total. The monoisotopic (exact) mass is 408 g/mol. The van der Waals surface area contributed by atoms with Gasteiger partial charge in [0.2, 0.25) is 0 Å². The van der Waals surface area contributed by atoms with Gasteiger partial charge < -0.3 is 9.84 Å². The third kappa shape index (κ3) is 2.99. The molecule has 0 amide bonds. The highest BCUT2D eigenvalue weighted by Gasteiger charge is 2.60. The third-order valence-electron chi connectivity index (χ3n) is 9.84. The molecule has 8 atom stereocenters. The van der Waals surface area contributed by atoms with Crippen LogP contribution in [-0.2, 0) is 4.74 Å². The van der Waals surface area contributed by atoms with Crippen molar-refractivity contribution in [3.63, 3.8) is 0 Å². The smallest absolute Gasteiger partial charge is 0.338 e. The number of benzene rings is 1. The minimum Gasteiger partial charge on any atom is -0.458 e. The van der Waals surface area contributed by atoms with Gasteiger partial charge in [-0.05, 0) is 85.2 Å². The van der Waals surface area contributed by atoms with Crippen molar-refractivity contribution in [2.45, 2.75) is 77.9 Å². The molecule has 30 heavy (non-hydrogen) atoms. The van der Waals surface area contributed by atoms with E-state index in [-0.39, 0.29) is 23.6 Å². The standard InChI is InChI=1S/C27H36O3/c1-17-9-10-21-24-22(12-14-26(17,21)2)27(3)13-11-20(15-19(27)16-23(24)28)30-25(29)18-7-5-4-6-8-18/h4-8,16-17,20-24,28H,9-15H2,1-3H3. The van der Waals surface area contributed by atoms with Crippen LogP contribution in [0.15, 0.2) is 42.0 Å². The average molecular weight is 409 g/mol. The first-order chi connectivity index (χ1) is 14.3. The van der Waals surface area contributed by atoms with Gasteiger partial charge >= 0.3 is 5.97 Å². The summed E-state index contributed by atoms with van der Waals surface area (Å²) in [5.41, 5.74) is 2.49. The van der Waals surface area contributed by atoms with E-state index in [2.05, 4.69) is 26.8 Å². The number of aliphatic hydroxyl groups is 1. The molecule has 0 aliphatic heterocycles. The molecule has 162 valence electrons. The quantitative estimate of drug-likeness (QED) is 0.498. The van der Waals surface area contributed by atoms with Crippen molar-refractivity contribution in [3.05, 3.63) is 47.5 Å². The van der Waals surface area contributed by atoms with E-state index >= 15 is 0 Å². The van der Waals surface area contributed by atoms with Crippen LogP contribution < -0.4 is 0 Å². The second-order valence-electron chi connectivity index (χ2n) is 11.0. The molecule has 1 N–H and O–H groups in total. The maximum atomic E-state index is 12.5. The van der Waals surface area contributed by atoms with Crippen molar-refractivity contribution in [1.29, 1.82) is 0 Å². The van der Waals surface area contributed by atoms with E-state index in [1.54, 1.807) is 0 Å². The summed E-state index contributed by atoms with van der Waals surface area (Å²) in [6.07, 6.45) is 9.57. The highest BCUT2D eigenvalue weighted by molar-refractivity contribution is 5.89. The van der Waals surface area contributed by atoms with Crippen molar-refractivity contribution in [2.75, 3.05) is 0 Å². The van der Waals surface area contributed by atoms with Crippen molar-refractivity contribution in [1.82, 2.24) is 0 Å². The number of hydrogen-bond acceptors (Lipinski definition) is 3. The van der Waals surface area contributed by atoms with Crippen LogP contribution in [0, 0.1) is 34.5 Å². The fourth-order valence-corrected chi connectivity index (χ4v) is 7.77. The van der Waals surface area contributed by atoms with E-state index < -0.39 is 0 Å². The molecule has 3 fully saturated rings. The van der Waals surface area contributed by atoms with Crippen LogP contribution in [0.1, 0.15) is 76.1 Å². The normalized spacial score (nSPS) is 45.0. The van der Waals surface area contributed by atoms with E-state index in [9.17, 15) is 9.90 Å². The number of carbonyl (C=O) groups is 1. The Morgan fingerprint density at radius 3 is 2.57 bits per heavy atom. The second-order valence-corrected chi connectivity index (χ2v) is 11.0. The average Bonchev–Trinajstić information content (AvgIpc) is 3.04. The molecule has 0 aromatic heterocycles. The van der Waals surface area contributed by atoms with Crippen molar-refractivity contribution in [2.24, 2.45) is 34.5 Å². The van der Waals surface area contributed by atoms with Gasteiger partial charge in [-0.25, -0.2) is 4.79 Å². The van der Waals surface area contributed by atoms with Gasteiger partial charge in [-0.3, -0.25) is 0 Å². The van der Waals surface area contributed by atoms with Gasteiger partial charge in [-0.15, -0.1) is 0 Å². The highest BCUT2D eigenvalue weighted by atomic mass is 16.5. The van der Waals surface area contributed by atoms with E-state index in [4.69, 9.17) is 4.74 Å². The molecule has 4 aliphatic carbocycles. The van der Waals surface area contributed by atoms with Crippen molar-refractivity contribution < 1.29 is 14.6 Å². The second kappa shape index (κ2) is 7.22. The summed E-state index contributed by atoms with van der Waals surface area (Å²) >= 11 is 0. The summed E-state index contributed by atoms with van der Waals surface area (Å²) in [6, 6.07) is 9.27. The first-order valence-corrected chi connectivity index (χ1v) is 12.0. The Hall–Kier alpha value is -1.61. The Morgan fingerprint density at radius 2 is 1.80 bits per heavy atom. The lowest BCUT2D eigenvalue weighted by Crippen LogP contribution is -2.54. The molecular weight excluding hydrogens is 372 g/mol. The summed E-state index contributed by atoms with van der Waals surface area (Å²) in [7, 11) is 0. The Bertz CT molecular complexity index is 845. The number of carbonyl (C=O) groups excluding carboxylic acids is 1. The molecule has 4 aliphatic rings. The molecule has 5 rings (SSSR count). The van der Waals surface area contributed by atoms with Crippen molar-refractivity contribution >= 4 is 5.97 Å². The van der Waals surface area contributed by atoms with Gasteiger partial charge in [0, 0.05) is 6.42 Å². The lowest BCUT2D eigenvalue weighted by atomic mass is 9.47. The molecule has 0 saturated heterocycles. The summed E-state index contributed by atoms with van der Waals surface area (Å²) in [4.78, 5) is 12.5. The van der Waals surface area contributed by atoms with Gasteiger partial charge in [-0.1, -0.05) is 50.6 Å². The molecule has 0 bridgehead atoms. The highest BCUT2D eigenvalue weighted by Crippen LogP contribution is 2.66. The van der Waals surface area contributed by atoms with Gasteiger partial charge in [0.15, 0.2) is 0 Å². The summed E-state index contributed by atoms with van der Waals surface area (Å²) in [5, 5.41) is 11.3. The fourth-order valence-electron chi connectivity index (χ4n) is 7.77. The lowest BCUT2D eigenvalue weighted by Gasteiger charge is -2.59. The van der Waals surface area contributed by atoms with Crippen LogP contribution in [0.4, 0.5) is 0 Å². The topological polar surface area (TPSA) is 46.5 Å². The van der Waals surface area contributed by atoms with Crippen LogP contribution in [0.5, 0.6) is 0 Å². The number of fused-ring (bicyclic) bond motifs is 5. The van der Waals surface area contributed by atoms with Gasteiger partial charge in [0.1, 0.15) is 6.10 Å². The molecule has 3 saturated carbocycles. The van der Waals surface area contributed by atoms with Crippen LogP contribution in [0.3, 0.4) is 0 Å². The van der Waals surface area contributed by atoms with Crippen LogP contribution in [0.2, 0.25) is 0 Å². The first-order valence-electron chi connectivity index (χ1n) is 12.0. The van der Waals surface area contributed by atoms with Gasteiger partial charge in [0.25, 0.3) is 0 Å². The van der Waals surface area contributed by atoms with Gasteiger partial charge in [-0.2, -0.15) is 0 Å². The maximum Gasteiger partial charge on any atom is 0.338 e. The van der Waals surface area contributed by atoms with Crippen LogP contribution >= 0.6 is 0 Å².